The first-order valence-electron chi connectivity index (χ1n) is 7.39. The van der Waals surface area contributed by atoms with Crippen LogP contribution in [0.4, 0.5) is 0 Å². The standard InChI is InChI=1S/C15H29NO/c1-15(2)9-7-13(16-3)14(11-15)17-10-8-12-5-4-6-12/h12-14,16H,4-11H2,1-3H3. The maximum Gasteiger partial charge on any atom is 0.0733 e. The summed E-state index contributed by atoms with van der Waals surface area (Å²) in [6.07, 6.45) is 9.84. The molecule has 0 saturated heterocycles. The number of likely N-dealkylation sites (N-methyl/N-ethyl adjacent to an activating group) is 1. The van der Waals surface area contributed by atoms with Gasteiger partial charge >= 0.3 is 0 Å². The number of hydrogen-bond acceptors (Lipinski definition) is 2. The largest absolute Gasteiger partial charge is 0.377 e. The number of nitrogens with one attached hydrogen (secondary N) is 1. The van der Waals surface area contributed by atoms with Crippen LogP contribution in [0.15, 0.2) is 0 Å². The molecule has 100 valence electrons. The van der Waals surface area contributed by atoms with Crippen LogP contribution < -0.4 is 5.32 Å². The molecule has 0 aliphatic heterocycles. The zero-order valence-electron chi connectivity index (χ0n) is 11.8. The zero-order valence-corrected chi connectivity index (χ0v) is 11.8. The molecule has 2 heteroatoms. The first-order valence-corrected chi connectivity index (χ1v) is 7.39. The van der Waals surface area contributed by atoms with E-state index in [-0.39, 0.29) is 0 Å². The molecule has 0 aromatic heterocycles. The van der Waals surface area contributed by atoms with E-state index in [1.165, 1.54) is 44.9 Å². The highest BCUT2D eigenvalue weighted by Crippen LogP contribution is 2.37. The van der Waals surface area contributed by atoms with Gasteiger partial charge in [-0.15, -0.1) is 0 Å². The fourth-order valence-corrected chi connectivity index (χ4v) is 3.19. The summed E-state index contributed by atoms with van der Waals surface area (Å²) in [5.41, 5.74) is 0.467. The summed E-state index contributed by atoms with van der Waals surface area (Å²) in [5.74, 6) is 0.972. The Kier molecular flexibility index (Phi) is 4.48. The minimum atomic E-state index is 0.434. The summed E-state index contributed by atoms with van der Waals surface area (Å²) in [6, 6.07) is 0.574. The lowest BCUT2D eigenvalue weighted by Gasteiger charge is -2.40. The molecule has 2 atom stereocenters. The number of hydrogen-bond donors (Lipinski definition) is 1. The van der Waals surface area contributed by atoms with Crippen LogP contribution >= 0.6 is 0 Å². The molecule has 0 aromatic carbocycles. The minimum Gasteiger partial charge on any atom is -0.377 e. The second-order valence-corrected chi connectivity index (χ2v) is 6.80. The van der Waals surface area contributed by atoms with E-state index in [0.29, 0.717) is 17.6 Å². The maximum atomic E-state index is 6.17. The van der Waals surface area contributed by atoms with Crippen molar-refractivity contribution < 1.29 is 4.74 Å². The molecule has 0 aromatic rings. The minimum absolute atomic E-state index is 0.434. The van der Waals surface area contributed by atoms with Gasteiger partial charge in [0, 0.05) is 12.6 Å². The normalized spacial score (nSPS) is 33.4. The fraction of sp³-hybridized carbons (Fsp3) is 1.00. The lowest BCUT2D eigenvalue weighted by molar-refractivity contribution is -0.0333. The van der Waals surface area contributed by atoms with Crippen molar-refractivity contribution in [1.29, 1.82) is 0 Å². The van der Waals surface area contributed by atoms with Crippen molar-refractivity contribution in [3.63, 3.8) is 0 Å². The van der Waals surface area contributed by atoms with Gasteiger partial charge < -0.3 is 10.1 Å². The smallest absolute Gasteiger partial charge is 0.0733 e. The Hall–Kier alpha value is -0.0800. The van der Waals surface area contributed by atoms with Gasteiger partial charge in [0.1, 0.15) is 0 Å². The Morgan fingerprint density at radius 3 is 2.59 bits per heavy atom. The van der Waals surface area contributed by atoms with Gasteiger partial charge in [0.05, 0.1) is 6.10 Å². The Balaban J connectivity index is 1.74. The van der Waals surface area contributed by atoms with Crippen LogP contribution in [0.2, 0.25) is 0 Å². The highest BCUT2D eigenvalue weighted by molar-refractivity contribution is 4.89. The average Bonchev–Trinajstić information content (AvgIpc) is 2.21. The van der Waals surface area contributed by atoms with Crippen LogP contribution in [0.5, 0.6) is 0 Å². The molecule has 0 bridgehead atoms. The van der Waals surface area contributed by atoms with Crippen LogP contribution in [0, 0.1) is 11.3 Å². The molecule has 2 aliphatic rings. The first kappa shape index (κ1) is 13.4. The second-order valence-electron chi connectivity index (χ2n) is 6.80. The molecule has 2 fully saturated rings. The molecule has 0 spiro atoms. The third kappa shape index (κ3) is 3.69. The molecule has 0 radical (unpaired) electrons. The van der Waals surface area contributed by atoms with Gasteiger partial charge in [-0.1, -0.05) is 33.1 Å². The van der Waals surface area contributed by atoms with Gasteiger partial charge in [0.25, 0.3) is 0 Å². The number of ether oxygens (including phenoxy) is 1. The Morgan fingerprint density at radius 1 is 1.24 bits per heavy atom. The summed E-state index contributed by atoms with van der Waals surface area (Å²) in [6.45, 7) is 5.73. The first-order chi connectivity index (χ1) is 8.11. The van der Waals surface area contributed by atoms with E-state index < -0.39 is 0 Å². The Labute approximate surface area is 107 Å². The number of rotatable bonds is 5. The van der Waals surface area contributed by atoms with Crippen LogP contribution in [0.25, 0.3) is 0 Å². The SMILES string of the molecule is CNC1CCC(C)(C)CC1OCCC1CCC1. The fourth-order valence-electron chi connectivity index (χ4n) is 3.19. The monoisotopic (exact) mass is 239 g/mol. The molecule has 2 rings (SSSR count). The Bertz CT molecular complexity index is 235. The molecular formula is C15H29NO. The predicted molar refractivity (Wildman–Crippen MR) is 72.2 cm³/mol. The molecular weight excluding hydrogens is 210 g/mol. The van der Waals surface area contributed by atoms with E-state index >= 15 is 0 Å². The van der Waals surface area contributed by atoms with Crippen molar-refractivity contribution in [3.8, 4) is 0 Å². The molecule has 1 N–H and O–H groups in total. The average molecular weight is 239 g/mol. The summed E-state index contributed by atoms with van der Waals surface area (Å²) in [7, 11) is 2.07. The van der Waals surface area contributed by atoms with Gasteiger partial charge in [0.15, 0.2) is 0 Å². The molecule has 2 unspecified atom stereocenters. The van der Waals surface area contributed by atoms with E-state index in [2.05, 4.69) is 26.2 Å². The van der Waals surface area contributed by atoms with E-state index in [0.717, 1.165) is 12.5 Å². The zero-order chi connectivity index (χ0) is 12.3. The van der Waals surface area contributed by atoms with Gasteiger partial charge in [-0.3, -0.25) is 0 Å². The van der Waals surface area contributed by atoms with Crippen molar-refractivity contribution in [2.75, 3.05) is 13.7 Å². The van der Waals surface area contributed by atoms with E-state index in [1.807, 2.05) is 0 Å². The third-order valence-electron chi connectivity index (χ3n) is 4.79. The van der Waals surface area contributed by atoms with E-state index in [9.17, 15) is 0 Å². The quantitative estimate of drug-likeness (QED) is 0.794. The third-order valence-corrected chi connectivity index (χ3v) is 4.79. The van der Waals surface area contributed by atoms with Crippen LogP contribution in [-0.4, -0.2) is 25.8 Å². The van der Waals surface area contributed by atoms with Gasteiger partial charge in [0.2, 0.25) is 0 Å². The lowest BCUT2D eigenvalue weighted by atomic mass is 9.74. The van der Waals surface area contributed by atoms with Crippen molar-refractivity contribution in [2.24, 2.45) is 11.3 Å². The van der Waals surface area contributed by atoms with Crippen LogP contribution in [-0.2, 0) is 4.74 Å². The second kappa shape index (κ2) is 5.71. The van der Waals surface area contributed by atoms with Crippen LogP contribution in [0.3, 0.4) is 0 Å². The molecule has 2 aliphatic carbocycles. The molecule has 0 heterocycles. The predicted octanol–water partition coefficient (Wildman–Crippen LogP) is 3.36. The lowest BCUT2D eigenvalue weighted by Crippen LogP contribution is -2.46. The van der Waals surface area contributed by atoms with Crippen molar-refractivity contribution >= 4 is 0 Å². The summed E-state index contributed by atoms with van der Waals surface area (Å²) in [4.78, 5) is 0. The highest BCUT2D eigenvalue weighted by Gasteiger charge is 2.34. The van der Waals surface area contributed by atoms with E-state index in [4.69, 9.17) is 4.74 Å². The van der Waals surface area contributed by atoms with Gasteiger partial charge in [-0.2, -0.15) is 0 Å². The molecule has 2 saturated carbocycles. The van der Waals surface area contributed by atoms with Crippen molar-refractivity contribution in [1.82, 2.24) is 5.32 Å². The van der Waals surface area contributed by atoms with Crippen molar-refractivity contribution in [2.45, 2.75) is 70.9 Å². The summed E-state index contributed by atoms with van der Waals surface area (Å²) < 4.78 is 6.17. The molecule has 17 heavy (non-hydrogen) atoms. The maximum absolute atomic E-state index is 6.17. The van der Waals surface area contributed by atoms with Crippen molar-refractivity contribution in [3.05, 3.63) is 0 Å². The van der Waals surface area contributed by atoms with Gasteiger partial charge in [-0.05, 0) is 44.1 Å². The molecule has 0 amide bonds. The topological polar surface area (TPSA) is 21.3 Å². The Morgan fingerprint density at radius 2 is 2.00 bits per heavy atom. The highest BCUT2D eigenvalue weighted by atomic mass is 16.5. The summed E-state index contributed by atoms with van der Waals surface area (Å²) >= 11 is 0. The van der Waals surface area contributed by atoms with Crippen LogP contribution in [0.1, 0.15) is 58.8 Å². The van der Waals surface area contributed by atoms with Gasteiger partial charge in [-0.25, -0.2) is 0 Å². The van der Waals surface area contributed by atoms with E-state index in [1.54, 1.807) is 0 Å². The molecule has 2 nitrogen and oxygen atoms in total. The summed E-state index contributed by atoms with van der Waals surface area (Å²) in [5, 5.41) is 3.43.